The van der Waals surface area contributed by atoms with Crippen LogP contribution in [-0.2, 0) is 22.4 Å². The van der Waals surface area contributed by atoms with E-state index in [0.29, 0.717) is 18.7 Å². The first-order valence-corrected chi connectivity index (χ1v) is 8.54. The molecule has 1 N–H and O–H groups in total. The molecule has 1 aromatic carbocycles. The Bertz CT molecular complexity index is 879. The molecule has 1 aromatic heterocycles. The van der Waals surface area contributed by atoms with Gasteiger partial charge in [-0.1, -0.05) is 6.07 Å². The van der Waals surface area contributed by atoms with E-state index in [1.807, 2.05) is 0 Å². The van der Waals surface area contributed by atoms with Gasteiger partial charge in [-0.2, -0.15) is 5.10 Å². The maximum Gasteiger partial charge on any atom is 0.328 e. The van der Waals surface area contributed by atoms with Crippen LogP contribution in [0.2, 0.25) is 0 Å². The van der Waals surface area contributed by atoms with Crippen molar-refractivity contribution in [2.75, 3.05) is 19.8 Å². The fourth-order valence-corrected chi connectivity index (χ4v) is 3.62. The number of rotatable bonds is 3. The zero-order valence-corrected chi connectivity index (χ0v) is 14.0. The van der Waals surface area contributed by atoms with Gasteiger partial charge in [-0.15, -0.1) is 0 Å². The van der Waals surface area contributed by atoms with Crippen LogP contribution in [0.1, 0.15) is 28.2 Å². The molecule has 2 aromatic rings. The monoisotopic (exact) mass is 359 g/mol. The second kappa shape index (κ2) is 6.53. The number of nitrogens with zero attached hydrogens (tertiary/aromatic N) is 3. The quantitative estimate of drug-likeness (QED) is 0.896. The third kappa shape index (κ3) is 2.76. The molecule has 8 heteroatoms. The molecular weight excluding hydrogens is 341 g/mol. The van der Waals surface area contributed by atoms with E-state index in [1.54, 1.807) is 16.8 Å². The van der Waals surface area contributed by atoms with E-state index in [0.717, 1.165) is 24.1 Å². The van der Waals surface area contributed by atoms with Gasteiger partial charge in [0.2, 0.25) is 0 Å². The van der Waals surface area contributed by atoms with Crippen LogP contribution in [0.4, 0.5) is 4.39 Å². The van der Waals surface area contributed by atoms with E-state index in [4.69, 9.17) is 4.74 Å². The highest BCUT2D eigenvalue weighted by Crippen LogP contribution is 2.29. The Morgan fingerprint density at radius 3 is 2.92 bits per heavy atom. The summed E-state index contributed by atoms with van der Waals surface area (Å²) in [6.07, 6.45) is 2.33. The van der Waals surface area contributed by atoms with E-state index in [2.05, 4.69) is 5.10 Å². The summed E-state index contributed by atoms with van der Waals surface area (Å²) in [5, 5.41) is 13.8. The Morgan fingerprint density at radius 2 is 2.15 bits per heavy atom. The van der Waals surface area contributed by atoms with Crippen LogP contribution in [0, 0.1) is 5.82 Å². The van der Waals surface area contributed by atoms with Crippen molar-refractivity contribution < 1.29 is 23.8 Å². The van der Waals surface area contributed by atoms with Crippen molar-refractivity contribution in [2.24, 2.45) is 0 Å². The standard InChI is InChI=1S/C18H18FN3O4/c19-11-3-1-4-12(9-11)22-14-6-2-5-13(14)16(20-22)17(23)21-7-8-26-10-15(21)18(24)25/h1,3-4,9,15H,2,5-8,10H2,(H,24,25). The predicted octanol–water partition coefficient (Wildman–Crippen LogP) is 1.43. The number of aromatic nitrogens is 2. The Morgan fingerprint density at radius 1 is 1.31 bits per heavy atom. The van der Waals surface area contributed by atoms with Crippen molar-refractivity contribution in [2.45, 2.75) is 25.3 Å². The maximum atomic E-state index is 13.6. The van der Waals surface area contributed by atoms with Gasteiger partial charge in [0.15, 0.2) is 11.7 Å². The van der Waals surface area contributed by atoms with Crippen LogP contribution < -0.4 is 0 Å². The molecule has 136 valence electrons. The molecule has 1 amide bonds. The predicted molar refractivity (Wildman–Crippen MR) is 88.8 cm³/mol. The number of amides is 1. The molecule has 0 saturated carbocycles. The number of fused-ring (bicyclic) bond motifs is 1. The van der Waals surface area contributed by atoms with Gasteiger partial charge >= 0.3 is 5.97 Å². The molecule has 1 aliphatic heterocycles. The van der Waals surface area contributed by atoms with Crippen LogP contribution in [-0.4, -0.2) is 57.5 Å². The number of halogens is 1. The van der Waals surface area contributed by atoms with Gasteiger partial charge < -0.3 is 14.7 Å². The number of hydrogen-bond donors (Lipinski definition) is 1. The van der Waals surface area contributed by atoms with E-state index >= 15 is 0 Å². The average molecular weight is 359 g/mol. The molecule has 1 saturated heterocycles. The summed E-state index contributed by atoms with van der Waals surface area (Å²) in [7, 11) is 0. The van der Waals surface area contributed by atoms with Gasteiger partial charge in [-0.25, -0.2) is 13.9 Å². The molecule has 1 unspecified atom stereocenters. The number of benzene rings is 1. The Balaban J connectivity index is 1.74. The number of aliphatic carboxylic acids is 1. The largest absolute Gasteiger partial charge is 0.480 e. The summed E-state index contributed by atoms with van der Waals surface area (Å²) in [5.74, 6) is -1.88. The van der Waals surface area contributed by atoms with Gasteiger partial charge in [0, 0.05) is 17.8 Å². The van der Waals surface area contributed by atoms with Gasteiger partial charge in [0.1, 0.15) is 5.82 Å². The average Bonchev–Trinajstić information content (AvgIpc) is 3.23. The second-order valence-electron chi connectivity index (χ2n) is 6.45. The third-order valence-corrected chi connectivity index (χ3v) is 4.86. The first-order valence-electron chi connectivity index (χ1n) is 8.54. The molecular formula is C18H18FN3O4. The van der Waals surface area contributed by atoms with Crippen LogP contribution in [0.15, 0.2) is 24.3 Å². The number of morpholine rings is 1. The highest BCUT2D eigenvalue weighted by atomic mass is 19.1. The summed E-state index contributed by atoms with van der Waals surface area (Å²) in [4.78, 5) is 25.8. The van der Waals surface area contributed by atoms with Crippen LogP contribution in [0.5, 0.6) is 0 Å². The minimum atomic E-state index is -1.10. The van der Waals surface area contributed by atoms with Crippen LogP contribution in [0.3, 0.4) is 0 Å². The highest BCUT2D eigenvalue weighted by molar-refractivity contribution is 5.97. The van der Waals surface area contributed by atoms with E-state index < -0.39 is 17.9 Å². The molecule has 0 bridgehead atoms. The summed E-state index contributed by atoms with van der Waals surface area (Å²) in [5.41, 5.74) is 2.53. The molecule has 4 rings (SSSR count). The van der Waals surface area contributed by atoms with Gasteiger partial charge in [-0.3, -0.25) is 4.79 Å². The van der Waals surface area contributed by atoms with Gasteiger partial charge in [-0.05, 0) is 37.5 Å². The zero-order chi connectivity index (χ0) is 18.3. The highest BCUT2D eigenvalue weighted by Gasteiger charge is 2.37. The first kappa shape index (κ1) is 16.7. The van der Waals surface area contributed by atoms with Crippen molar-refractivity contribution in [3.63, 3.8) is 0 Å². The number of carboxylic acids is 1. The summed E-state index contributed by atoms with van der Waals surface area (Å²) in [6, 6.07) is 5.03. The molecule has 1 atom stereocenters. The Labute approximate surface area is 149 Å². The summed E-state index contributed by atoms with van der Waals surface area (Å²) in [6.45, 7) is 0.466. The lowest BCUT2D eigenvalue weighted by Gasteiger charge is -2.32. The van der Waals surface area contributed by atoms with Crippen molar-refractivity contribution in [3.05, 3.63) is 47.0 Å². The minimum Gasteiger partial charge on any atom is -0.480 e. The molecule has 26 heavy (non-hydrogen) atoms. The van der Waals surface area contributed by atoms with E-state index in [1.165, 1.54) is 17.0 Å². The Kier molecular flexibility index (Phi) is 4.20. The molecule has 0 spiro atoms. The maximum absolute atomic E-state index is 13.6. The number of carbonyl (C=O) groups is 2. The fraction of sp³-hybridized carbons (Fsp3) is 0.389. The zero-order valence-electron chi connectivity index (χ0n) is 14.0. The van der Waals surface area contributed by atoms with Crippen molar-refractivity contribution in [1.29, 1.82) is 0 Å². The van der Waals surface area contributed by atoms with Crippen molar-refractivity contribution in [3.8, 4) is 5.69 Å². The lowest BCUT2D eigenvalue weighted by Crippen LogP contribution is -2.52. The fourth-order valence-electron chi connectivity index (χ4n) is 3.62. The molecule has 7 nitrogen and oxygen atoms in total. The Hall–Kier alpha value is -2.74. The van der Waals surface area contributed by atoms with Crippen LogP contribution >= 0.6 is 0 Å². The lowest BCUT2D eigenvalue weighted by atomic mass is 10.1. The number of carbonyl (C=O) groups excluding carboxylic acids is 1. The number of carboxylic acid groups (broad SMARTS) is 1. The van der Waals surface area contributed by atoms with Crippen LogP contribution in [0.25, 0.3) is 5.69 Å². The molecule has 1 aliphatic carbocycles. The number of ether oxygens (including phenoxy) is 1. The van der Waals surface area contributed by atoms with E-state index in [9.17, 15) is 19.1 Å². The van der Waals surface area contributed by atoms with Crippen molar-refractivity contribution >= 4 is 11.9 Å². The normalized spacial score (nSPS) is 19.4. The third-order valence-electron chi connectivity index (χ3n) is 4.86. The second-order valence-corrected chi connectivity index (χ2v) is 6.45. The smallest absolute Gasteiger partial charge is 0.328 e. The van der Waals surface area contributed by atoms with E-state index in [-0.39, 0.29) is 24.7 Å². The molecule has 2 heterocycles. The van der Waals surface area contributed by atoms with Gasteiger partial charge in [0.25, 0.3) is 5.91 Å². The molecule has 2 aliphatic rings. The molecule has 0 radical (unpaired) electrons. The first-order chi connectivity index (χ1) is 12.6. The minimum absolute atomic E-state index is 0.0339. The van der Waals surface area contributed by atoms with Gasteiger partial charge in [0.05, 0.1) is 18.9 Å². The number of hydrogen-bond acceptors (Lipinski definition) is 4. The van der Waals surface area contributed by atoms with Crippen molar-refractivity contribution in [1.82, 2.24) is 14.7 Å². The molecule has 1 fully saturated rings. The SMILES string of the molecule is O=C(O)C1COCCN1C(=O)c1nn(-c2cccc(F)c2)c2c1CCC2. The lowest BCUT2D eigenvalue weighted by molar-refractivity contribution is -0.147. The topological polar surface area (TPSA) is 84.7 Å². The summed E-state index contributed by atoms with van der Waals surface area (Å²) < 4.78 is 20.4. The summed E-state index contributed by atoms with van der Waals surface area (Å²) >= 11 is 0.